The molecular formula is C13H14N2O. The Hall–Kier alpha value is -2.03. The van der Waals surface area contributed by atoms with Crippen molar-refractivity contribution in [2.24, 2.45) is 7.05 Å². The predicted molar refractivity (Wildman–Crippen MR) is 66.3 cm³/mol. The Kier molecular flexibility index (Phi) is 2.52. The van der Waals surface area contributed by atoms with Crippen molar-refractivity contribution in [2.45, 2.75) is 6.92 Å². The van der Waals surface area contributed by atoms with Crippen molar-refractivity contribution in [3.05, 3.63) is 52.4 Å². The fraction of sp³-hybridized carbons (Fsp3) is 0.154. The zero-order chi connectivity index (χ0) is 11.7. The van der Waals surface area contributed by atoms with Gasteiger partial charge in [0.15, 0.2) is 0 Å². The molecule has 0 spiro atoms. The van der Waals surface area contributed by atoms with Crippen molar-refractivity contribution >= 4 is 5.69 Å². The summed E-state index contributed by atoms with van der Waals surface area (Å²) in [6, 6.07) is 9.52. The Labute approximate surface area is 94.1 Å². The zero-order valence-electron chi connectivity index (χ0n) is 9.40. The number of hydrogen-bond donors (Lipinski definition) is 1. The molecule has 1 aromatic heterocycles. The summed E-state index contributed by atoms with van der Waals surface area (Å²) in [5.74, 6) is 0. The SMILES string of the molecule is Cc1cc(-c2ccc(N)cc2)cn(C)c1=O. The van der Waals surface area contributed by atoms with E-state index in [1.54, 1.807) is 11.6 Å². The number of nitrogen functional groups attached to an aromatic ring is 1. The van der Waals surface area contributed by atoms with E-state index < -0.39 is 0 Å². The van der Waals surface area contributed by atoms with E-state index in [1.807, 2.05) is 43.5 Å². The molecule has 1 heterocycles. The molecule has 1 aromatic carbocycles. The molecule has 0 aliphatic rings. The monoisotopic (exact) mass is 214 g/mol. The average molecular weight is 214 g/mol. The Balaban J connectivity index is 2.57. The number of aryl methyl sites for hydroxylation is 2. The molecule has 2 aromatic rings. The molecule has 0 fully saturated rings. The molecule has 2 N–H and O–H groups in total. The molecule has 0 saturated carbocycles. The van der Waals surface area contributed by atoms with E-state index in [9.17, 15) is 4.79 Å². The predicted octanol–water partition coefficient (Wildman–Crippen LogP) is 1.94. The van der Waals surface area contributed by atoms with E-state index in [0.29, 0.717) is 0 Å². The summed E-state index contributed by atoms with van der Waals surface area (Å²) in [5.41, 5.74) is 9.25. The molecule has 0 aliphatic heterocycles. The van der Waals surface area contributed by atoms with Gasteiger partial charge in [-0.05, 0) is 36.2 Å². The van der Waals surface area contributed by atoms with Gasteiger partial charge in [0.2, 0.25) is 0 Å². The van der Waals surface area contributed by atoms with Gasteiger partial charge in [0.25, 0.3) is 5.56 Å². The maximum absolute atomic E-state index is 11.5. The Morgan fingerprint density at radius 3 is 2.31 bits per heavy atom. The number of aromatic nitrogens is 1. The van der Waals surface area contributed by atoms with Gasteiger partial charge in [-0.25, -0.2) is 0 Å². The number of pyridine rings is 1. The summed E-state index contributed by atoms with van der Waals surface area (Å²) in [6.45, 7) is 1.82. The topological polar surface area (TPSA) is 48.0 Å². The lowest BCUT2D eigenvalue weighted by Gasteiger charge is -2.06. The number of hydrogen-bond acceptors (Lipinski definition) is 2. The number of nitrogens with two attached hydrogens (primary N) is 1. The average Bonchev–Trinajstić information content (AvgIpc) is 2.26. The third kappa shape index (κ3) is 1.84. The minimum Gasteiger partial charge on any atom is -0.399 e. The van der Waals surface area contributed by atoms with Crippen molar-refractivity contribution in [1.29, 1.82) is 0 Å². The third-order valence-electron chi connectivity index (χ3n) is 2.61. The van der Waals surface area contributed by atoms with Crippen LogP contribution in [0.15, 0.2) is 41.3 Å². The number of anilines is 1. The summed E-state index contributed by atoms with van der Waals surface area (Å²) in [4.78, 5) is 11.5. The second-order valence-corrected chi connectivity index (χ2v) is 3.95. The van der Waals surface area contributed by atoms with Crippen molar-refractivity contribution < 1.29 is 0 Å². The van der Waals surface area contributed by atoms with E-state index in [-0.39, 0.29) is 5.56 Å². The summed E-state index contributed by atoms with van der Waals surface area (Å²) >= 11 is 0. The quantitative estimate of drug-likeness (QED) is 0.737. The highest BCUT2D eigenvalue weighted by molar-refractivity contribution is 5.65. The fourth-order valence-corrected chi connectivity index (χ4v) is 1.71. The first-order valence-electron chi connectivity index (χ1n) is 5.11. The summed E-state index contributed by atoms with van der Waals surface area (Å²) in [6.07, 6.45) is 1.83. The molecule has 0 unspecified atom stereocenters. The van der Waals surface area contributed by atoms with Crippen LogP contribution in [0.1, 0.15) is 5.56 Å². The molecule has 16 heavy (non-hydrogen) atoms. The maximum Gasteiger partial charge on any atom is 0.253 e. The molecule has 0 atom stereocenters. The van der Waals surface area contributed by atoms with E-state index >= 15 is 0 Å². The Morgan fingerprint density at radius 2 is 1.75 bits per heavy atom. The van der Waals surface area contributed by atoms with Crippen LogP contribution >= 0.6 is 0 Å². The third-order valence-corrected chi connectivity index (χ3v) is 2.61. The maximum atomic E-state index is 11.5. The van der Waals surface area contributed by atoms with Crippen molar-refractivity contribution in [2.75, 3.05) is 5.73 Å². The second-order valence-electron chi connectivity index (χ2n) is 3.95. The van der Waals surface area contributed by atoms with Crippen molar-refractivity contribution in [1.82, 2.24) is 4.57 Å². The van der Waals surface area contributed by atoms with Gasteiger partial charge in [-0.2, -0.15) is 0 Å². The van der Waals surface area contributed by atoms with Crippen LogP contribution in [-0.2, 0) is 7.05 Å². The Morgan fingerprint density at radius 1 is 1.12 bits per heavy atom. The summed E-state index contributed by atoms with van der Waals surface area (Å²) in [7, 11) is 1.76. The summed E-state index contributed by atoms with van der Waals surface area (Å²) < 4.78 is 1.60. The minimum atomic E-state index is 0.0409. The second kappa shape index (κ2) is 3.85. The highest BCUT2D eigenvalue weighted by Crippen LogP contribution is 2.19. The first kappa shape index (κ1) is 10.5. The van der Waals surface area contributed by atoms with E-state index in [0.717, 1.165) is 22.4 Å². The van der Waals surface area contributed by atoms with Crippen molar-refractivity contribution in [3.63, 3.8) is 0 Å². The van der Waals surface area contributed by atoms with Crippen LogP contribution in [0.2, 0.25) is 0 Å². The molecule has 0 radical (unpaired) electrons. The van der Waals surface area contributed by atoms with Crippen LogP contribution in [0.4, 0.5) is 5.69 Å². The van der Waals surface area contributed by atoms with Crippen LogP contribution in [0.25, 0.3) is 11.1 Å². The lowest BCUT2D eigenvalue weighted by atomic mass is 10.1. The molecular weight excluding hydrogens is 200 g/mol. The van der Waals surface area contributed by atoms with Crippen molar-refractivity contribution in [3.8, 4) is 11.1 Å². The lowest BCUT2D eigenvalue weighted by Crippen LogP contribution is -2.18. The van der Waals surface area contributed by atoms with Gasteiger partial charge in [0, 0.05) is 24.5 Å². The van der Waals surface area contributed by atoms with Crippen LogP contribution in [0.5, 0.6) is 0 Å². The first-order chi connectivity index (χ1) is 7.58. The highest BCUT2D eigenvalue weighted by Gasteiger charge is 2.02. The number of rotatable bonds is 1. The number of nitrogens with zero attached hydrogens (tertiary/aromatic N) is 1. The fourth-order valence-electron chi connectivity index (χ4n) is 1.71. The van der Waals surface area contributed by atoms with Crippen LogP contribution in [-0.4, -0.2) is 4.57 Å². The normalized spacial score (nSPS) is 10.4. The molecule has 0 amide bonds. The lowest BCUT2D eigenvalue weighted by molar-refractivity contribution is 0.851. The summed E-state index contributed by atoms with van der Waals surface area (Å²) in [5, 5.41) is 0. The van der Waals surface area contributed by atoms with Crippen LogP contribution in [0.3, 0.4) is 0 Å². The molecule has 2 rings (SSSR count). The largest absolute Gasteiger partial charge is 0.399 e. The smallest absolute Gasteiger partial charge is 0.253 e. The van der Waals surface area contributed by atoms with Gasteiger partial charge < -0.3 is 10.3 Å². The molecule has 0 bridgehead atoms. The van der Waals surface area contributed by atoms with Gasteiger partial charge in [-0.3, -0.25) is 4.79 Å². The molecule has 0 aliphatic carbocycles. The van der Waals surface area contributed by atoms with Gasteiger partial charge in [0.05, 0.1) is 0 Å². The van der Waals surface area contributed by atoms with Gasteiger partial charge in [0.1, 0.15) is 0 Å². The van der Waals surface area contributed by atoms with E-state index in [4.69, 9.17) is 5.73 Å². The molecule has 82 valence electrons. The zero-order valence-corrected chi connectivity index (χ0v) is 9.40. The molecule has 3 heteroatoms. The minimum absolute atomic E-state index is 0.0409. The molecule has 0 saturated heterocycles. The molecule has 3 nitrogen and oxygen atoms in total. The first-order valence-corrected chi connectivity index (χ1v) is 5.11. The standard InChI is InChI=1S/C13H14N2O/c1-9-7-11(8-15(2)13(9)16)10-3-5-12(14)6-4-10/h3-8H,14H2,1-2H3. The highest BCUT2D eigenvalue weighted by atomic mass is 16.1. The number of benzene rings is 1. The van der Waals surface area contributed by atoms with Gasteiger partial charge in [-0.1, -0.05) is 12.1 Å². The van der Waals surface area contributed by atoms with Gasteiger partial charge in [-0.15, -0.1) is 0 Å². The van der Waals surface area contributed by atoms with E-state index in [2.05, 4.69) is 0 Å². The van der Waals surface area contributed by atoms with Gasteiger partial charge >= 0.3 is 0 Å². The van der Waals surface area contributed by atoms with Crippen LogP contribution < -0.4 is 11.3 Å². The van der Waals surface area contributed by atoms with E-state index in [1.165, 1.54) is 0 Å². The Bertz CT molecular complexity index is 541. The van der Waals surface area contributed by atoms with Crippen LogP contribution in [0, 0.1) is 6.92 Å².